The molecule has 112 valence electrons. The van der Waals surface area contributed by atoms with Gasteiger partial charge >= 0.3 is 5.97 Å². The Labute approximate surface area is 124 Å². The van der Waals surface area contributed by atoms with Crippen molar-refractivity contribution in [1.82, 2.24) is 0 Å². The molecule has 1 amide bonds. The van der Waals surface area contributed by atoms with E-state index in [1.807, 2.05) is 0 Å². The van der Waals surface area contributed by atoms with Crippen LogP contribution in [0, 0.1) is 18.3 Å². The molecule has 1 aromatic heterocycles. The maximum Gasteiger partial charge on any atom is 0.346 e. The Balaban J connectivity index is 2.59. The molecule has 1 heterocycles. The summed E-state index contributed by atoms with van der Waals surface area (Å²) in [6.07, 6.45) is 1.43. The van der Waals surface area contributed by atoms with Gasteiger partial charge < -0.3 is 10.4 Å². The summed E-state index contributed by atoms with van der Waals surface area (Å²) in [6, 6.07) is 1.71. The van der Waals surface area contributed by atoms with Gasteiger partial charge in [-0.05, 0) is 36.3 Å². The van der Waals surface area contributed by atoms with Gasteiger partial charge in [-0.2, -0.15) is 0 Å². The number of carboxylic acid groups (broad SMARTS) is 1. The largest absolute Gasteiger partial charge is 0.477 e. The lowest BCUT2D eigenvalue weighted by atomic mass is 9.84. The molecule has 20 heavy (non-hydrogen) atoms. The summed E-state index contributed by atoms with van der Waals surface area (Å²) in [6.45, 7) is 10.3. The van der Waals surface area contributed by atoms with Crippen molar-refractivity contribution in [1.29, 1.82) is 0 Å². The number of anilines is 1. The van der Waals surface area contributed by atoms with Crippen molar-refractivity contribution in [2.75, 3.05) is 5.32 Å². The Morgan fingerprint density at radius 1 is 1.40 bits per heavy atom. The second-order valence-corrected chi connectivity index (χ2v) is 7.60. The molecule has 5 heteroatoms. The lowest BCUT2D eigenvalue weighted by Gasteiger charge is -2.22. The predicted octanol–water partition coefficient (Wildman–Crippen LogP) is 4.16. The highest BCUT2D eigenvalue weighted by atomic mass is 32.1. The van der Waals surface area contributed by atoms with E-state index in [2.05, 4.69) is 33.0 Å². The zero-order valence-corrected chi connectivity index (χ0v) is 13.6. The molecule has 0 aromatic carbocycles. The predicted molar refractivity (Wildman–Crippen MR) is 82.5 cm³/mol. The van der Waals surface area contributed by atoms with Gasteiger partial charge in [0.2, 0.25) is 5.91 Å². The number of carboxylic acids is 1. The van der Waals surface area contributed by atoms with Crippen molar-refractivity contribution in [2.24, 2.45) is 11.3 Å². The molecule has 1 unspecified atom stereocenters. The van der Waals surface area contributed by atoms with Gasteiger partial charge in [-0.1, -0.05) is 27.7 Å². The summed E-state index contributed by atoms with van der Waals surface area (Å²) in [4.78, 5) is 23.2. The summed E-state index contributed by atoms with van der Waals surface area (Å²) < 4.78 is 0. The Kier molecular flexibility index (Phi) is 5.34. The molecular formula is C15H23NO3S. The van der Waals surface area contributed by atoms with E-state index in [1.54, 1.807) is 13.0 Å². The molecule has 0 aliphatic carbocycles. The third-order valence-corrected chi connectivity index (χ3v) is 4.01. The van der Waals surface area contributed by atoms with Crippen LogP contribution in [-0.2, 0) is 4.79 Å². The van der Waals surface area contributed by atoms with Crippen LogP contribution in [0.1, 0.15) is 55.8 Å². The second-order valence-electron chi connectivity index (χ2n) is 6.55. The van der Waals surface area contributed by atoms with Crippen LogP contribution < -0.4 is 5.32 Å². The summed E-state index contributed by atoms with van der Waals surface area (Å²) in [5.41, 5.74) is 0.885. The standard InChI is InChI=1S/C15H23NO3S/c1-9(8-15(3,4)5)6-11(17)16-12-7-10(2)13(20-12)14(18)19/h7,9H,6,8H2,1-5H3,(H,16,17)(H,18,19). The lowest BCUT2D eigenvalue weighted by molar-refractivity contribution is -0.117. The highest BCUT2D eigenvalue weighted by Gasteiger charge is 2.19. The van der Waals surface area contributed by atoms with Crippen molar-refractivity contribution < 1.29 is 14.7 Å². The van der Waals surface area contributed by atoms with Crippen LogP contribution in [0.15, 0.2) is 6.07 Å². The SMILES string of the molecule is Cc1cc(NC(=O)CC(C)CC(C)(C)C)sc1C(=O)O. The second kappa shape index (κ2) is 6.39. The number of carbonyl (C=O) groups is 2. The van der Waals surface area contributed by atoms with Gasteiger partial charge in [0.05, 0.1) is 5.00 Å². The third kappa shape index (κ3) is 5.33. The average Bonchev–Trinajstić information content (AvgIpc) is 2.55. The first-order valence-corrected chi connectivity index (χ1v) is 7.53. The van der Waals surface area contributed by atoms with E-state index in [9.17, 15) is 9.59 Å². The van der Waals surface area contributed by atoms with Crippen LogP contribution in [0.5, 0.6) is 0 Å². The van der Waals surface area contributed by atoms with Crippen LogP contribution >= 0.6 is 11.3 Å². The van der Waals surface area contributed by atoms with Gasteiger partial charge in [-0.3, -0.25) is 4.79 Å². The van der Waals surface area contributed by atoms with E-state index in [0.29, 0.717) is 22.9 Å². The molecule has 0 saturated carbocycles. The fourth-order valence-electron chi connectivity index (χ4n) is 2.38. The molecule has 1 atom stereocenters. The van der Waals surface area contributed by atoms with E-state index in [4.69, 9.17) is 5.11 Å². The topological polar surface area (TPSA) is 66.4 Å². The van der Waals surface area contributed by atoms with Crippen molar-refractivity contribution in [3.63, 3.8) is 0 Å². The van der Waals surface area contributed by atoms with Gasteiger partial charge in [0.15, 0.2) is 0 Å². The number of carbonyl (C=O) groups excluding carboxylic acids is 1. The number of aryl methyl sites for hydroxylation is 1. The molecule has 2 N–H and O–H groups in total. The zero-order valence-electron chi connectivity index (χ0n) is 12.7. The molecule has 1 rings (SSSR count). The van der Waals surface area contributed by atoms with E-state index in [1.165, 1.54) is 0 Å². The van der Waals surface area contributed by atoms with Crippen LogP contribution in [0.3, 0.4) is 0 Å². The quantitative estimate of drug-likeness (QED) is 0.857. The van der Waals surface area contributed by atoms with E-state index < -0.39 is 5.97 Å². The highest BCUT2D eigenvalue weighted by molar-refractivity contribution is 7.18. The average molecular weight is 297 g/mol. The Morgan fingerprint density at radius 3 is 2.45 bits per heavy atom. The smallest absolute Gasteiger partial charge is 0.346 e. The number of thiophene rings is 1. The molecule has 0 saturated heterocycles. The number of amides is 1. The molecule has 4 nitrogen and oxygen atoms in total. The van der Waals surface area contributed by atoms with Gasteiger partial charge in [0.25, 0.3) is 0 Å². The first kappa shape index (κ1) is 16.7. The molecule has 1 aromatic rings. The third-order valence-electron chi connectivity index (χ3n) is 2.87. The fraction of sp³-hybridized carbons (Fsp3) is 0.600. The van der Waals surface area contributed by atoms with Gasteiger partial charge in [0, 0.05) is 6.42 Å². The minimum atomic E-state index is -0.950. The fourth-order valence-corrected chi connectivity index (χ4v) is 3.31. The molecule has 0 fully saturated rings. The maximum atomic E-state index is 11.9. The van der Waals surface area contributed by atoms with Gasteiger partial charge in [0.1, 0.15) is 4.88 Å². The highest BCUT2D eigenvalue weighted by Crippen LogP contribution is 2.28. The van der Waals surface area contributed by atoms with Crippen LogP contribution in [0.4, 0.5) is 5.00 Å². The Hall–Kier alpha value is -1.36. The van der Waals surface area contributed by atoms with Crippen LogP contribution in [-0.4, -0.2) is 17.0 Å². The van der Waals surface area contributed by atoms with Crippen molar-refractivity contribution in [2.45, 2.75) is 47.5 Å². The first-order valence-electron chi connectivity index (χ1n) is 6.72. The molecule has 0 bridgehead atoms. The van der Waals surface area contributed by atoms with E-state index >= 15 is 0 Å². The summed E-state index contributed by atoms with van der Waals surface area (Å²) >= 11 is 1.10. The first-order chi connectivity index (χ1) is 9.08. The van der Waals surface area contributed by atoms with Crippen molar-refractivity contribution >= 4 is 28.2 Å². The van der Waals surface area contributed by atoms with Gasteiger partial charge in [-0.25, -0.2) is 4.79 Å². The summed E-state index contributed by atoms with van der Waals surface area (Å²) in [5, 5.41) is 12.4. The summed E-state index contributed by atoms with van der Waals surface area (Å²) in [5.74, 6) is -0.705. The Morgan fingerprint density at radius 2 is 2.00 bits per heavy atom. The molecular weight excluding hydrogens is 274 g/mol. The lowest BCUT2D eigenvalue weighted by Crippen LogP contribution is -2.18. The van der Waals surface area contributed by atoms with Gasteiger partial charge in [-0.15, -0.1) is 11.3 Å². The van der Waals surface area contributed by atoms with Crippen molar-refractivity contribution in [3.05, 3.63) is 16.5 Å². The number of rotatable bonds is 5. The Bertz CT molecular complexity index is 500. The monoisotopic (exact) mass is 297 g/mol. The van der Waals surface area contributed by atoms with Crippen LogP contribution in [0.2, 0.25) is 0 Å². The molecule has 0 aliphatic heterocycles. The van der Waals surface area contributed by atoms with Crippen LogP contribution in [0.25, 0.3) is 0 Å². The van der Waals surface area contributed by atoms with Crippen molar-refractivity contribution in [3.8, 4) is 0 Å². The molecule has 0 spiro atoms. The number of hydrogen-bond acceptors (Lipinski definition) is 3. The number of nitrogens with one attached hydrogen (secondary N) is 1. The zero-order chi connectivity index (χ0) is 15.5. The molecule has 0 radical (unpaired) electrons. The minimum absolute atomic E-state index is 0.0556. The van der Waals surface area contributed by atoms with E-state index in [0.717, 1.165) is 17.8 Å². The minimum Gasteiger partial charge on any atom is -0.477 e. The number of aromatic carboxylic acids is 1. The normalized spacial score (nSPS) is 13.1. The molecule has 0 aliphatic rings. The maximum absolute atomic E-state index is 11.9. The number of hydrogen-bond donors (Lipinski definition) is 2. The van der Waals surface area contributed by atoms with E-state index in [-0.39, 0.29) is 16.2 Å². The summed E-state index contributed by atoms with van der Waals surface area (Å²) in [7, 11) is 0.